The summed E-state index contributed by atoms with van der Waals surface area (Å²) in [4.78, 5) is 36.4. The summed E-state index contributed by atoms with van der Waals surface area (Å²) in [6.45, 7) is 0. The summed E-state index contributed by atoms with van der Waals surface area (Å²) in [6.07, 6.45) is 0. The van der Waals surface area contributed by atoms with Crippen LogP contribution < -0.4 is 0 Å². The Morgan fingerprint density at radius 1 is 0.180 bits per heavy atom. The van der Waals surface area contributed by atoms with Gasteiger partial charge in [-0.1, -0.05) is 352 Å². The first kappa shape index (κ1) is 73.3. The van der Waals surface area contributed by atoms with Gasteiger partial charge in [-0.05, 0) is 112 Å². The molecule has 0 radical (unpaired) electrons. The summed E-state index contributed by atoms with van der Waals surface area (Å²) >= 11 is 0. The molecule has 0 spiro atoms. The fourth-order valence-electron chi connectivity index (χ4n) is 18.9. The van der Waals surface area contributed by atoms with Gasteiger partial charge in [-0.3, -0.25) is 0 Å². The van der Waals surface area contributed by atoms with E-state index in [1.165, 1.54) is 32.6 Å². The van der Waals surface area contributed by atoms with Crippen molar-refractivity contribution in [1.82, 2.24) is 44.0 Å². The van der Waals surface area contributed by atoms with Crippen LogP contribution in [0.15, 0.2) is 440 Å². The van der Waals surface area contributed by atoms with Crippen LogP contribution in [-0.2, 0) is 0 Å². The number of nitrogens with zero attached hydrogens (tertiary/aromatic N) is 9. The Labute approximate surface area is 733 Å². The molecule has 8 heterocycles. The molecular weight excluding hydrogens is 1560 g/mol. The Bertz CT molecular complexity index is 8300. The van der Waals surface area contributed by atoms with Crippen molar-refractivity contribution in [2.24, 2.45) is 0 Å². The standard InChI is InChI=1S/C59H36N4O.C58H35N5O/c1-2-14-42(15-3-1)59-60-50(36-51(61-59)43-16-12-17-44(35-43)63-52-22-9-6-19-46(52)47-20-7-10-23-53(47)63)40-29-25-37(26-30-40)38-27-31-41(32-28-38)56-55-48-21-8-11-24-54(48)64-58(55)49-34-33-39-13-4-5-18-45(39)57(49)62-56;1-2-14-40(15-3-1)56-60-57(62-58(61-56)42-16-12-17-43(35-42)63-49-22-9-6-19-45(49)46-20-7-10-23-50(46)63)41-31-27-37(28-32-41)36-25-29-39(30-26-36)53-52-47-21-8-11-24-51(47)64-55(52)48-34-33-38-13-4-5-18-44(38)54(48)59-53/h1-36H;1-35H. The Morgan fingerprint density at radius 2 is 0.484 bits per heavy atom. The van der Waals surface area contributed by atoms with Gasteiger partial charge in [-0.15, -0.1) is 0 Å². The van der Waals surface area contributed by atoms with E-state index in [2.05, 4.69) is 367 Å². The van der Waals surface area contributed by atoms with Gasteiger partial charge in [0, 0.05) is 110 Å². The second kappa shape index (κ2) is 30.3. The molecule has 0 unspecified atom stereocenters. The van der Waals surface area contributed by atoms with Gasteiger partial charge in [-0.25, -0.2) is 34.9 Å². The molecule has 0 saturated heterocycles. The van der Waals surface area contributed by atoms with Gasteiger partial charge in [-0.2, -0.15) is 0 Å². The van der Waals surface area contributed by atoms with Gasteiger partial charge in [0.15, 0.2) is 23.3 Å². The van der Waals surface area contributed by atoms with Crippen LogP contribution in [0, 0.1) is 0 Å². The van der Waals surface area contributed by atoms with Crippen molar-refractivity contribution in [2.45, 2.75) is 0 Å². The van der Waals surface area contributed by atoms with E-state index >= 15 is 0 Å². The largest absolute Gasteiger partial charge is 0.455 e. The highest BCUT2D eigenvalue weighted by molar-refractivity contribution is 6.25. The van der Waals surface area contributed by atoms with Crippen molar-refractivity contribution in [1.29, 1.82) is 0 Å². The maximum Gasteiger partial charge on any atom is 0.164 e. The van der Waals surface area contributed by atoms with E-state index in [1.807, 2.05) is 72.8 Å². The lowest BCUT2D eigenvalue weighted by molar-refractivity contribution is 0.672. The van der Waals surface area contributed by atoms with Crippen LogP contribution in [0.1, 0.15) is 0 Å². The van der Waals surface area contributed by atoms with Crippen LogP contribution in [0.4, 0.5) is 0 Å². The van der Waals surface area contributed by atoms with Gasteiger partial charge in [0.2, 0.25) is 0 Å². The van der Waals surface area contributed by atoms with Crippen molar-refractivity contribution in [3.05, 3.63) is 431 Å². The highest BCUT2D eigenvalue weighted by atomic mass is 16.3. The minimum atomic E-state index is 0.610. The average molecular weight is 1630 g/mol. The quantitative estimate of drug-likeness (QED) is 0.110. The van der Waals surface area contributed by atoms with E-state index in [0.29, 0.717) is 23.3 Å². The average Bonchev–Trinajstić information content (AvgIpc) is 1.54. The van der Waals surface area contributed by atoms with E-state index in [0.717, 1.165) is 199 Å². The van der Waals surface area contributed by atoms with Crippen LogP contribution in [0.5, 0.6) is 0 Å². The van der Waals surface area contributed by atoms with E-state index in [9.17, 15) is 0 Å². The molecule has 0 saturated carbocycles. The minimum absolute atomic E-state index is 0.610. The monoisotopic (exact) mass is 1630 g/mol. The first-order chi connectivity index (χ1) is 63.4. The number of rotatable bonds is 12. The number of hydrogen-bond donors (Lipinski definition) is 0. The third-order valence-corrected chi connectivity index (χ3v) is 25.1. The summed E-state index contributed by atoms with van der Waals surface area (Å²) in [5, 5.41) is 15.6. The summed E-state index contributed by atoms with van der Waals surface area (Å²) < 4.78 is 17.8. The van der Waals surface area contributed by atoms with Gasteiger partial charge in [0.05, 0.1) is 66.6 Å². The molecule has 0 aliphatic rings. The van der Waals surface area contributed by atoms with Crippen LogP contribution in [0.25, 0.3) is 255 Å². The second-order valence-corrected chi connectivity index (χ2v) is 32.5. The number of para-hydroxylation sites is 6. The third kappa shape index (κ3) is 12.5. The van der Waals surface area contributed by atoms with Crippen LogP contribution in [-0.4, -0.2) is 44.0 Å². The van der Waals surface area contributed by atoms with Gasteiger partial charge < -0.3 is 18.0 Å². The molecule has 128 heavy (non-hydrogen) atoms. The molecule has 0 aliphatic heterocycles. The number of hydrogen-bond acceptors (Lipinski definition) is 9. The summed E-state index contributed by atoms with van der Waals surface area (Å²) in [5.74, 6) is 2.53. The topological polar surface area (TPSA) is 126 Å². The molecule has 8 aromatic heterocycles. The van der Waals surface area contributed by atoms with Gasteiger partial charge in [0.1, 0.15) is 22.3 Å². The molecule has 596 valence electrons. The molecule has 0 bridgehead atoms. The van der Waals surface area contributed by atoms with Gasteiger partial charge in [0.25, 0.3) is 0 Å². The smallest absolute Gasteiger partial charge is 0.164 e. The van der Waals surface area contributed by atoms with Crippen molar-refractivity contribution >= 4 is 131 Å². The Morgan fingerprint density at radius 3 is 0.914 bits per heavy atom. The molecule has 0 amide bonds. The molecule has 11 heteroatoms. The molecule has 0 fully saturated rings. The third-order valence-electron chi connectivity index (χ3n) is 25.1. The predicted octanol–water partition coefficient (Wildman–Crippen LogP) is 30.4. The Balaban J connectivity index is 0.000000139. The highest BCUT2D eigenvalue weighted by Crippen LogP contribution is 2.46. The molecule has 18 aromatic carbocycles. The number of fused-ring (bicyclic) bond motifs is 20. The summed E-state index contributed by atoms with van der Waals surface area (Å²) in [7, 11) is 0. The first-order valence-electron chi connectivity index (χ1n) is 43.1. The summed E-state index contributed by atoms with van der Waals surface area (Å²) in [5.41, 5.74) is 27.9. The van der Waals surface area contributed by atoms with Crippen molar-refractivity contribution in [3.63, 3.8) is 0 Å². The minimum Gasteiger partial charge on any atom is -0.455 e. The molecular formula is C117H71N9O2. The van der Waals surface area contributed by atoms with Crippen molar-refractivity contribution in [2.75, 3.05) is 0 Å². The van der Waals surface area contributed by atoms with Crippen molar-refractivity contribution in [3.8, 4) is 124 Å². The van der Waals surface area contributed by atoms with Crippen LogP contribution in [0.3, 0.4) is 0 Å². The molecule has 26 aromatic rings. The maximum absolute atomic E-state index is 6.58. The maximum atomic E-state index is 6.58. The van der Waals surface area contributed by atoms with E-state index in [4.69, 9.17) is 43.7 Å². The van der Waals surface area contributed by atoms with E-state index < -0.39 is 0 Å². The lowest BCUT2D eigenvalue weighted by Gasteiger charge is -2.12. The molecule has 0 aliphatic carbocycles. The zero-order valence-electron chi connectivity index (χ0n) is 68.8. The molecule has 11 nitrogen and oxygen atoms in total. The molecule has 26 rings (SSSR count). The second-order valence-electron chi connectivity index (χ2n) is 32.5. The van der Waals surface area contributed by atoms with E-state index in [1.54, 1.807) is 0 Å². The van der Waals surface area contributed by atoms with Crippen molar-refractivity contribution < 1.29 is 8.83 Å². The zero-order chi connectivity index (χ0) is 84.3. The summed E-state index contributed by atoms with van der Waals surface area (Å²) in [6, 6.07) is 150. The number of benzene rings is 18. The Hall–Kier alpha value is -17.4. The Kier molecular flexibility index (Phi) is 17.3. The molecule has 0 N–H and O–H groups in total. The lowest BCUT2D eigenvalue weighted by atomic mass is 9.97. The fourth-order valence-corrected chi connectivity index (χ4v) is 18.9. The zero-order valence-corrected chi connectivity index (χ0v) is 68.8. The van der Waals surface area contributed by atoms with E-state index in [-0.39, 0.29) is 0 Å². The number of pyridine rings is 2. The SMILES string of the molecule is c1ccc(-c2nc(-c3ccc(-c4ccc(-c5nc6c7ccccc7ccc6c6oc7ccccc7c56)cc4)cc3)cc(-c3cccc(-n4c5ccccc5c5ccccc54)c3)n2)cc1.c1ccc(-c2nc(-c3ccc(-c4ccc(-c5nc6c7ccccc7ccc6c6oc7ccccc7c56)cc4)cc3)nc(-c3cccc(-n4c5ccccc5c5ccccc54)c3)n2)cc1. The highest BCUT2D eigenvalue weighted by Gasteiger charge is 2.25. The number of aromatic nitrogens is 9. The molecule has 0 atom stereocenters. The fraction of sp³-hybridized carbons (Fsp3) is 0. The van der Waals surface area contributed by atoms with Crippen LogP contribution in [0.2, 0.25) is 0 Å². The lowest BCUT2D eigenvalue weighted by Crippen LogP contribution is -2.01. The number of furan rings is 2. The first-order valence-corrected chi connectivity index (χ1v) is 43.1. The van der Waals surface area contributed by atoms with Crippen LogP contribution >= 0.6 is 0 Å². The normalized spacial score (nSPS) is 11.8. The van der Waals surface area contributed by atoms with Gasteiger partial charge >= 0.3 is 0 Å². The predicted molar refractivity (Wildman–Crippen MR) is 525 cm³/mol.